The summed E-state index contributed by atoms with van der Waals surface area (Å²) >= 11 is 0. The van der Waals surface area contributed by atoms with Crippen molar-refractivity contribution in [3.8, 4) is 0 Å². The van der Waals surface area contributed by atoms with Crippen LogP contribution in [0.2, 0.25) is 0 Å². The van der Waals surface area contributed by atoms with Crippen molar-refractivity contribution in [3.05, 3.63) is 159 Å². The van der Waals surface area contributed by atoms with Crippen molar-refractivity contribution in [1.29, 1.82) is 0 Å². The first-order chi connectivity index (χ1) is 26.8. The zero-order chi connectivity index (χ0) is 39.9. The molecule has 5 aromatic rings. The highest BCUT2D eigenvalue weighted by molar-refractivity contribution is 7.00. The Balaban J connectivity index is 1.34. The number of anilines is 3. The first-order valence-electron chi connectivity index (χ1n) is 21.1. The topological polar surface area (TPSA) is 6.48 Å². The van der Waals surface area contributed by atoms with E-state index in [0.717, 1.165) is 0 Å². The molecular weight excluding hydrogens is 687 g/mol. The molecule has 0 unspecified atom stereocenters. The van der Waals surface area contributed by atoms with Gasteiger partial charge in [-0.3, -0.25) is 0 Å². The second-order valence-electron chi connectivity index (χ2n) is 21.5. The van der Waals surface area contributed by atoms with E-state index < -0.39 is 0 Å². The van der Waals surface area contributed by atoms with Crippen LogP contribution >= 0.6 is 0 Å². The molecule has 282 valence electrons. The van der Waals surface area contributed by atoms with Crippen molar-refractivity contribution in [1.82, 2.24) is 4.90 Å². The van der Waals surface area contributed by atoms with E-state index in [9.17, 15) is 0 Å². The molecule has 11 rings (SSSR count). The molecule has 0 N–H and O–H groups in total. The average Bonchev–Trinajstić information content (AvgIpc) is 3.14. The molecule has 0 fully saturated rings. The first-order valence-corrected chi connectivity index (χ1v) is 21.1. The Hall–Kier alpha value is -5.28. The van der Waals surface area contributed by atoms with Gasteiger partial charge in [0.25, 0.3) is 0 Å². The van der Waals surface area contributed by atoms with Crippen LogP contribution in [-0.4, -0.2) is 11.6 Å². The molecule has 0 spiro atoms. The maximum absolute atomic E-state index is 2.64. The number of hydrogen-bond donors (Lipinski definition) is 0. The molecule has 0 atom stereocenters. The van der Waals surface area contributed by atoms with Gasteiger partial charge < -0.3 is 9.80 Å². The molecule has 3 heteroatoms. The molecule has 0 saturated heterocycles. The van der Waals surface area contributed by atoms with Crippen molar-refractivity contribution < 1.29 is 0 Å². The zero-order valence-corrected chi connectivity index (χ0v) is 35.8. The van der Waals surface area contributed by atoms with Gasteiger partial charge in [-0.1, -0.05) is 138 Å². The van der Waals surface area contributed by atoms with Gasteiger partial charge in [-0.25, -0.2) is 0 Å². The van der Waals surface area contributed by atoms with E-state index in [1.54, 1.807) is 0 Å². The van der Waals surface area contributed by atoms with Gasteiger partial charge in [0.05, 0.1) is 11.4 Å². The smallest absolute Gasteiger partial charge is 0.250 e. The molecule has 6 aliphatic rings. The predicted molar refractivity (Wildman–Crippen MR) is 245 cm³/mol. The molecular formula is C54H53BN2. The van der Waals surface area contributed by atoms with E-state index in [1.165, 1.54) is 117 Å². The van der Waals surface area contributed by atoms with Crippen LogP contribution in [0.4, 0.5) is 17.1 Å². The number of nitrogens with zero attached hydrogens (tertiary/aromatic N) is 2. The molecule has 0 saturated carbocycles. The Morgan fingerprint density at radius 2 is 1.00 bits per heavy atom. The lowest BCUT2D eigenvalue weighted by Crippen LogP contribution is -2.56. The number of allylic oxidation sites excluding steroid dienone is 9. The molecule has 6 heterocycles. The van der Waals surface area contributed by atoms with Gasteiger partial charge in [0.2, 0.25) is 6.71 Å². The van der Waals surface area contributed by atoms with Crippen LogP contribution in [-0.2, 0) is 10.8 Å². The van der Waals surface area contributed by atoms with Crippen molar-refractivity contribution in [3.63, 3.8) is 0 Å². The SMILES string of the molecule is CC(C)(C)C1=CC2=CC(C(C)(C)C)=CC3=C4C5=C(C(=C1)N23)c1cccc2ccc3c(c12)B5c1c(ccc2cccc4c12)N3c1cc(C(C)(C)C)cc(C(C)(C)C)c1. The van der Waals surface area contributed by atoms with Crippen molar-refractivity contribution in [2.45, 2.75) is 93.9 Å². The maximum atomic E-state index is 2.64. The van der Waals surface area contributed by atoms with Crippen molar-refractivity contribution in [2.24, 2.45) is 10.8 Å². The molecule has 0 radical (unpaired) electrons. The molecule has 0 aliphatic carbocycles. The van der Waals surface area contributed by atoms with Gasteiger partial charge in [0, 0.05) is 33.9 Å². The fourth-order valence-electron chi connectivity index (χ4n) is 10.5. The standard InChI is InChI=1S/C54H53BN2/c1-51(2,3)32-23-33(52(4,5)6)25-36(24-32)56-40-21-19-30-15-13-17-38-44(30)48(40)55-49-41(56)22-20-31-16-14-18-39(45(31)49)47-43-29-35(54(10,11)12)27-37-26-34(53(7,8)9)28-42(57(37)43)46(38)50(47)55/h13-29H,1-12H3. The Morgan fingerprint density at radius 1 is 0.474 bits per heavy atom. The quantitative estimate of drug-likeness (QED) is 0.158. The van der Waals surface area contributed by atoms with E-state index in [1.807, 2.05) is 0 Å². The molecule has 57 heavy (non-hydrogen) atoms. The van der Waals surface area contributed by atoms with Crippen LogP contribution in [0.15, 0.2) is 137 Å². The summed E-state index contributed by atoms with van der Waals surface area (Å²) in [6, 6.07) is 31.1. The summed E-state index contributed by atoms with van der Waals surface area (Å²) in [6.45, 7) is 28.4. The number of fused-ring (bicyclic) bond motifs is 3. The van der Waals surface area contributed by atoms with Gasteiger partial charge in [-0.05, 0) is 142 Å². The molecule has 0 aromatic heterocycles. The zero-order valence-electron chi connectivity index (χ0n) is 35.8. The largest absolute Gasteiger partial charge is 0.311 e. The van der Waals surface area contributed by atoms with E-state index >= 15 is 0 Å². The van der Waals surface area contributed by atoms with E-state index in [2.05, 4.69) is 196 Å². The molecule has 0 bridgehead atoms. The normalized spacial score (nSPS) is 18.0. The highest BCUT2D eigenvalue weighted by Crippen LogP contribution is 2.58. The summed E-state index contributed by atoms with van der Waals surface area (Å²) in [4.78, 5) is 5.25. The summed E-state index contributed by atoms with van der Waals surface area (Å²) < 4.78 is 0. The van der Waals surface area contributed by atoms with Crippen molar-refractivity contribution >= 4 is 67.4 Å². The van der Waals surface area contributed by atoms with Crippen LogP contribution in [0.5, 0.6) is 0 Å². The second kappa shape index (κ2) is 10.8. The van der Waals surface area contributed by atoms with Crippen molar-refractivity contribution in [2.75, 3.05) is 4.90 Å². The maximum Gasteiger partial charge on any atom is 0.250 e. The fraction of sp³-hybridized carbons (Fsp3) is 0.296. The van der Waals surface area contributed by atoms with Crippen LogP contribution in [0.3, 0.4) is 0 Å². The van der Waals surface area contributed by atoms with Gasteiger partial charge in [0.15, 0.2) is 0 Å². The third-order valence-corrected chi connectivity index (χ3v) is 13.6. The number of rotatable bonds is 1. The highest BCUT2D eigenvalue weighted by atomic mass is 15.2. The minimum Gasteiger partial charge on any atom is -0.311 e. The van der Waals surface area contributed by atoms with E-state index in [4.69, 9.17) is 0 Å². The summed E-state index contributed by atoms with van der Waals surface area (Å²) in [7, 11) is 0. The number of benzene rings is 5. The second-order valence-corrected chi connectivity index (χ2v) is 21.5. The van der Waals surface area contributed by atoms with E-state index in [-0.39, 0.29) is 28.4 Å². The third-order valence-electron chi connectivity index (χ3n) is 13.6. The lowest BCUT2D eigenvalue weighted by atomic mass is 9.28. The fourth-order valence-corrected chi connectivity index (χ4v) is 10.5. The molecule has 2 nitrogen and oxygen atoms in total. The Labute approximate surface area is 339 Å². The van der Waals surface area contributed by atoms with Crippen LogP contribution in [0.1, 0.15) is 105 Å². The van der Waals surface area contributed by atoms with Gasteiger partial charge in [-0.15, -0.1) is 0 Å². The molecule has 5 aromatic carbocycles. The summed E-state index contributed by atoms with van der Waals surface area (Å²) in [5.41, 5.74) is 23.1. The Bertz CT molecular complexity index is 2890. The third kappa shape index (κ3) is 4.66. The van der Waals surface area contributed by atoms with Crippen LogP contribution in [0, 0.1) is 10.8 Å². The monoisotopic (exact) mass is 740 g/mol. The lowest BCUT2D eigenvalue weighted by Gasteiger charge is -2.50. The Morgan fingerprint density at radius 3 is 1.53 bits per heavy atom. The van der Waals surface area contributed by atoms with Gasteiger partial charge in [0.1, 0.15) is 0 Å². The van der Waals surface area contributed by atoms with E-state index in [0.29, 0.717) is 0 Å². The summed E-state index contributed by atoms with van der Waals surface area (Å²) in [6.07, 6.45) is 10.00. The molecule has 0 amide bonds. The van der Waals surface area contributed by atoms with Crippen LogP contribution < -0.4 is 15.8 Å². The predicted octanol–water partition coefficient (Wildman–Crippen LogP) is 13.1. The average molecular weight is 741 g/mol. The summed E-state index contributed by atoms with van der Waals surface area (Å²) in [5, 5.41) is 5.43. The molecule has 6 aliphatic heterocycles. The summed E-state index contributed by atoms with van der Waals surface area (Å²) in [5.74, 6) is 0. The van der Waals surface area contributed by atoms with Gasteiger partial charge >= 0.3 is 0 Å². The van der Waals surface area contributed by atoms with Gasteiger partial charge in [-0.2, -0.15) is 0 Å². The first kappa shape index (κ1) is 34.9. The van der Waals surface area contributed by atoms with Crippen LogP contribution in [0.25, 0.3) is 32.7 Å². The number of hydrogen-bond acceptors (Lipinski definition) is 2. The minimum absolute atomic E-state index is 0.000456. The lowest BCUT2D eigenvalue weighted by molar-refractivity contribution is 0.478. The highest BCUT2D eigenvalue weighted by Gasteiger charge is 2.51. The Kier molecular flexibility index (Phi) is 6.62. The minimum atomic E-state index is -0.0130.